The maximum absolute atomic E-state index is 9.52. The van der Waals surface area contributed by atoms with Gasteiger partial charge >= 0.3 is 0 Å². The molecule has 0 aliphatic heterocycles. The molecular weight excluding hydrogens is 316 g/mol. The number of hydrogen-bond donors (Lipinski definition) is 1. The van der Waals surface area contributed by atoms with Crippen molar-refractivity contribution in [2.24, 2.45) is 0 Å². The van der Waals surface area contributed by atoms with E-state index in [9.17, 15) is 5.11 Å². The maximum atomic E-state index is 9.52. The van der Waals surface area contributed by atoms with E-state index < -0.39 is 6.10 Å². The molecule has 0 saturated heterocycles. The molecule has 0 spiro atoms. The van der Waals surface area contributed by atoms with Gasteiger partial charge in [-0.1, -0.05) is 17.7 Å². The van der Waals surface area contributed by atoms with Gasteiger partial charge in [0.15, 0.2) is 0 Å². The second kappa shape index (κ2) is 5.03. The molecule has 5 heteroatoms. The Bertz CT molecular complexity index is 593. The first-order chi connectivity index (χ1) is 8.41. The molecule has 0 radical (unpaired) electrons. The minimum Gasteiger partial charge on any atom is -0.389 e. The highest BCUT2D eigenvalue weighted by molar-refractivity contribution is 9.10. The Hall–Kier alpha value is -0.840. The molecule has 0 aliphatic rings. The van der Waals surface area contributed by atoms with Gasteiger partial charge in [-0.2, -0.15) is 5.10 Å². The summed E-state index contributed by atoms with van der Waals surface area (Å²) in [7, 11) is 0. The van der Waals surface area contributed by atoms with E-state index in [2.05, 4.69) is 21.0 Å². The predicted octanol–water partition coefficient (Wildman–Crippen LogP) is 3.96. The average Bonchev–Trinajstić information content (AvgIpc) is 2.57. The van der Waals surface area contributed by atoms with Gasteiger partial charge in [0.25, 0.3) is 0 Å². The number of benzene rings is 1. The van der Waals surface area contributed by atoms with E-state index in [4.69, 9.17) is 11.6 Å². The third kappa shape index (κ3) is 2.32. The lowest BCUT2D eigenvalue weighted by Gasteiger charge is -2.10. The van der Waals surface area contributed by atoms with Crippen LogP contribution in [0, 0.1) is 13.8 Å². The van der Waals surface area contributed by atoms with Gasteiger partial charge in [0.05, 0.1) is 32.7 Å². The van der Waals surface area contributed by atoms with E-state index in [0.29, 0.717) is 5.02 Å². The zero-order valence-corrected chi connectivity index (χ0v) is 12.7. The monoisotopic (exact) mass is 328 g/mol. The molecule has 0 amide bonds. The summed E-state index contributed by atoms with van der Waals surface area (Å²) in [5.41, 5.74) is 3.53. The van der Waals surface area contributed by atoms with Crippen LogP contribution in [0.25, 0.3) is 5.69 Å². The highest BCUT2D eigenvalue weighted by Gasteiger charge is 2.13. The van der Waals surface area contributed by atoms with Crippen LogP contribution in [0.15, 0.2) is 22.7 Å². The molecule has 0 unspecified atom stereocenters. The molecule has 1 heterocycles. The highest BCUT2D eigenvalue weighted by atomic mass is 79.9. The third-order valence-electron chi connectivity index (χ3n) is 2.89. The van der Waals surface area contributed by atoms with Crippen LogP contribution in [-0.4, -0.2) is 14.9 Å². The lowest BCUT2D eigenvalue weighted by atomic mass is 10.1. The summed E-state index contributed by atoms with van der Waals surface area (Å²) >= 11 is 9.75. The zero-order valence-electron chi connectivity index (χ0n) is 10.4. The van der Waals surface area contributed by atoms with E-state index >= 15 is 0 Å². The van der Waals surface area contributed by atoms with Gasteiger partial charge in [-0.05, 0) is 54.4 Å². The summed E-state index contributed by atoms with van der Waals surface area (Å²) in [6.45, 7) is 5.62. The van der Waals surface area contributed by atoms with Gasteiger partial charge in [0.1, 0.15) is 0 Å². The van der Waals surface area contributed by atoms with Gasteiger partial charge in [-0.15, -0.1) is 0 Å². The molecule has 0 bridgehead atoms. The number of aliphatic hydroxyl groups excluding tert-OH is 1. The Labute approximate surface area is 120 Å². The van der Waals surface area contributed by atoms with Gasteiger partial charge in [0.2, 0.25) is 0 Å². The van der Waals surface area contributed by atoms with E-state index in [1.807, 2.05) is 26.0 Å². The van der Waals surface area contributed by atoms with Crippen molar-refractivity contribution in [3.05, 3.63) is 44.6 Å². The largest absolute Gasteiger partial charge is 0.389 e. The van der Waals surface area contributed by atoms with E-state index in [0.717, 1.165) is 27.1 Å². The lowest BCUT2D eigenvalue weighted by Crippen LogP contribution is -2.01. The minimum absolute atomic E-state index is 0.524. The van der Waals surface area contributed by atoms with Crippen molar-refractivity contribution in [3.63, 3.8) is 0 Å². The van der Waals surface area contributed by atoms with Crippen molar-refractivity contribution in [2.75, 3.05) is 0 Å². The molecule has 1 aromatic heterocycles. The second-order valence-electron chi connectivity index (χ2n) is 4.28. The Morgan fingerprint density at radius 2 is 2.06 bits per heavy atom. The molecule has 0 saturated carbocycles. The first-order valence-electron chi connectivity index (χ1n) is 5.61. The fourth-order valence-electron chi connectivity index (χ4n) is 1.81. The van der Waals surface area contributed by atoms with Gasteiger partial charge in [-0.3, -0.25) is 0 Å². The van der Waals surface area contributed by atoms with E-state index in [1.54, 1.807) is 17.7 Å². The second-order valence-corrected chi connectivity index (χ2v) is 5.48. The maximum Gasteiger partial charge on any atom is 0.0835 e. The summed E-state index contributed by atoms with van der Waals surface area (Å²) in [4.78, 5) is 0. The fourth-order valence-corrected chi connectivity index (χ4v) is 2.33. The van der Waals surface area contributed by atoms with Crippen LogP contribution in [0.5, 0.6) is 0 Å². The number of aryl methyl sites for hydroxylation is 1. The number of rotatable bonds is 2. The first-order valence-corrected chi connectivity index (χ1v) is 6.78. The van der Waals surface area contributed by atoms with Crippen LogP contribution in [0.3, 0.4) is 0 Å². The van der Waals surface area contributed by atoms with Crippen molar-refractivity contribution >= 4 is 27.5 Å². The van der Waals surface area contributed by atoms with Crippen LogP contribution in [-0.2, 0) is 0 Å². The Balaban J connectivity index is 2.54. The molecule has 1 atom stereocenters. The first kappa shape index (κ1) is 13.6. The van der Waals surface area contributed by atoms with Crippen LogP contribution in [0.4, 0.5) is 0 Å². The Morgan fingerprint density at radius 1 is 1.39 bits per heavy atom. The fraction of sp³-hybridized carbons (Fsp3) is 0.308. The Morgan fingerprint density at radius 3 is 2.50 bits per heavy atom. The molecule has 2 rings (SSSR count). The summed E-state index contributed by atoms with van der Waals surface area (Å²) in [5, 5.41) is 14.5. The summed E-state index contributed by atoms with van der Waals surface area (Å²) < 4.78 is 2.78. The topological polar surface area (TPSA) is 38.0 Å². The molecule has 2 aromatic rings. The van der Waals surface area contributed by atoms with Crippen molar-refractivity contribution < 1.29 is 5.11 Å². The molecule has 3 nitrogen and oxygen atoms in total. The quantitative estimate of drug-likeness (QED) is 0.905. The molecule has 0 aliphatic carbocycles. The van der Waals surface area contributed by atoms with Crippen molar-refractivity contribution in [3.8, 4) is 5.69 Å². The van der Waals surface area contributed by atoms with E-state index in [1.165, 1.54) is 0 Å². The number of nitrogens with zero attached hydrogens (tertiary/aromatic N) is 2. The number of aliphatic hydroxyl groups is 1. The molecule has 96 valence electrons. The molecule has 18 heavy (non-hydrogen) atoms. The van der Waals surface area contributed by atoms with Crippen molar-refractivity contribution in [2.45, 2.75) is 26.9 Å². The van der Waals surface area contributed by atoms with Gasteiger partial charge in [-0.25, -0.2) is 4.68 Å². The molecule has 1 N–H and O–H groups in total. The van der Waals surface area contributed by atoms with Crippen molar-refractivity contribution in [1.29, 1.82) is 0 Å². The number of halogens is 2. The summed E-state index contributed by atoms with van der Waals surface area (Å²) in [6, 6.07) is 5.50. The molecule has 0 fully saturated rings. The molecule has 1 aromatic carbocycles. The third-order valence-corrected chi connectivity index (χ3v) is 4.34. The SMILES string of the molecule is Cc1nn(-c2ccc([C@@H](C)O)cc2Cl)c(C)c1Br. The van der Waals surface area contributed by atoms with Crippen LogP contribution >= 0.6 is 27.5 Å². The predicted molar refractivity (Wildman–Crippen MR) is 76.4 cm³/mol. The van der Waals surface area contributed by atoms with Crippen LogP contribution in [0.1, 0.15) is 30.0 Å². The molecular formula is C13H14BrClN2O. The average molecular weight is 330 g/mol. The van der Waals surface area contributed by atoms with Gasteiger partial charge in [0, 0.05) is 0 Å². The number of hydrogen-bond acceptors (Lipinski definition) is 2. The normalized spacial score (nSPS) is 12.8. The van der Waals surface area contributed by atoms with E-state index in [-0.39, 0.29) is 0 Å². The van der Waals surface area contributed by atoms with Gasteiger partial charge < -0.3 is 5.11 Å². The van der Waals surface area contributed by atoms with Crippen LogP contribution in [0.2, 0.25) is 5.02 Å². The highest BCUT2D eigenvalue weighted by Crippen LogP contribution is 2.28. The van der Waals surface area contributed by atoms with Crippen molar-refractivity contribution in [1.82, 2.24) is 9.78 Å². The number of aromatic nitrogens is 2. The van der Waals surface area contributed by atoms with Crippen LogP contribution < -0.4 is 0 Å². The lowest BCUT2D eigenvalue weighted by molar-refractivity contribution is 0.199. The standard InChI is InChI=1S/C13H14BrClN2O/c1-7-13(14)8(2)17(16-7)12-5-4-10(9(3)18)6-11(12)15/h4-6,9,18H,1-3H3/t9-/m1/s1. The minimum atomic E-state index is -0.524. The zero-order chi connectivity index (χ0) is 13.4. The summed E-state index contributed by atoms with van der Waals surface area (Å²) in [6.07, 6.45) is -0.524. The Kier molecular flexibility index (Phi) is 3.80. The summed E-state index contributed by atoms with van der Waals surface area (Å²) in [5.74, 6) is 0. The smallest absolute Gasteiger partial charge is 0.0835 e.